The predicted molar refractivity (Wildman–Crippen MR) is 199 cm³/mol. The molecule has 1 aliphatic heterocycles. The number of benzene rings is 3. The van der Waals surface area contributed by atoms with Crippen LogP contribution in [0.15, 0.2) is 88.9 Å². The molecule has 282 valence electrons. The maximum atomic E-state index is 14.3. The fourth-order valence-corrected chi connectivity index (χ4v) is 8.00. The van der Waals surface area contributed by atoms with Gasteiger partial charge < -0.3 is 35.9 Å². The van der Waals surface area contributed by atoms with Gasteiger partial charge in [0.05, 0.1) is 24.2 Å². The van der Waals surface area contributed by atoms with Crippen molar-refractivity contribution in [3.8, 4) is 5.75 Å². The fraction of sp³-hybridized carbons (Fsp3) is 0.447. The van der Waals surface area contributed by atoms with Crippen LogP contribution in [-0.4, -0.2) is 102 Å². The van der Waals surface area contributed by atoms with E-state index < -0.39 is 34.1 Å². The van der Waals surface area contributed by atoms with Crippen molar-refractivity contribution in [2.24, 2.45) is 22.7 Å². The first-order valence-corrected chi connectivity index (χ1v) is 19.0. The Labute approximate surface area is 307 Å². The highest BCUT2D eigenvalue weighted by molar-refractivity contribution is 7.89. The zero-order chi connectivity index (χ0) is 38.0. The standard InChI is InChI=1S/C38H52N6O7S/c1-6-27(4)35(44-20-19-42(38(44)47)24-29-13-10-14-30(21-29)36(39)41-48)37(46)40-33(22-28-11-8-7-9-12-28)34(45)25-43(23-26(2)3)52(49,50)32-17-15-31(51-5)16-18-32/h7-18,21,26-27,33-35,45,48H,6,19-20,22-25H2,1-5H3,(H2,39,41)(H,40,46)/t27-,33-,34-,35-/m0/s1. The van der Waals surface area contributed by atoms with Gasteiger partial charge in [0, 0.05) is 38.3 Å². The average molecular weight is 737 g/mol. The van der Waals surface area contributed by atoms with E-state index >= 15 is 0 Å². The second kappa shape index (κ2) is 18.2. The van der Waals surface area contributed by atoms with Crippen molar-refractivity contribution in [1.82, 2.24) is 19.4 Å². The number of amidine groups is 1. The molecule has 1 fully saturated rings. The van der Waals surface area contributed by atoms with Crippen LogP contribution in [0.4, 0.5) is 4.79 Å². The molecule has 5 N–H and O–H groups in total. The number of amides is 3. The molecule has 3 amide bonds. The second-order valence-corrected chi connectivity index (χ2v) is 15.6. The van der Waals surface area contributed by atoms with Crippen molar-refractivity contribution < 1.29 is 33.1 Å². The molecule has 52 heavy (non-hydrogen) atoms. The third-order valence-electron chi connectivity index (χ3n) is 9.37. The molecule has 1 heterocycles. The van der Waals surface area contributed by atoms with Crippen LogP contribution in [-0.2, 0) is 27.8 Å². The monoisotopic (exact) mass is 736 g/mol. The van der Waals surface area contributed by atoms with E-state index in [0.717, 1.165) is 11.1 Å². The SMILES string of the molecule is CC[C@H](C)[C@@H](C(=O)N[C@@H](Cc1ccccc1)[C@@H](O)CN(CC(C)C)S(=O)(=O)c1ccc(OC)cc1)N1CCN(Cc2cccc(C(N)=NO)c2)C1=O. The van der Waals surface area contributed by atoms with Gasteiger partial charge >= 0.3 is 6.03 Å². The largest absolute Gasteiger partial charge is 0.497 e. The highest BCUT2D eigenvalue weighted by Crippen LogP contribution is 2.25. The van der Waals surface area contributed by atoms with E-state index in [4.69, 9.17) is 15.7 Å². The van der Waals surface area contributed by atoms with E-state index in [0.29, 0.717) is 30.8 Å². The molecule has 0 unspecified atom stereocenters. The number of carbonyl (C=O) groups is 2. The van der Waals surface area contributed by atoms with Gasteiger partial charge in [0.25, 0.3) is 0 Å². The Morgan fingerprint density at radius 3 is 2.29 bits per heavy atom. The number of hydrogen-bond acceptors (Lipinski definition) is 8. The fourth-order valence-electron chi connectivity index (χ4n) is 6.37. The molecule has 0 spiro atoms. The number of nitrogens with one attached hydrogen (secondary N) is 1. The van der Waals surface area contributed by atoms with Crippen LogP contribution in [0.2, 0.25) is 0 Å². The van der Waals surface area contributed by atoms with Crippen LogP contribution < -0.4 is 15.8 Å². The molecule has 0 aromatic heterocycles. The van der Waals surface area contributed by atoms with Crippen LogP contribution in [0.25, 0.3) is 0 Å². The average Bonchev–Trinajstić information content (AvgIpc) is 3.49. The van der Waals surface area contributed by atoms with Gasteiger partial charge in [0.1, 0.15) is 11.8 Å². The minimum Gasteiger partial charge on any atom is -0.497 e. The van der Waals surface area contributed by atoms with E-state index in [1.165, 1.54) is 23.5 Å². The number of oxime groups is 1. The summed E-state index contributed by atoms with van der Waals surface area (Å²) in [4.78, 5) is 31.4. The van der Waals surface area contributed by atoms with Crippen molar-refractivity contribution >= 4 is 27.8 Å². The molecule has 4 rings (SSSR count). The summed E-state index contributed by atoms with van der Waals surface area (Å²) < 4.78 is 34.3. The Morgan fingerprint density at radius 1 is 1.00 bits per heavy atom. The first-order chi connectivity index (χ1) is 24.8. The molecule has 0 radical (unpaired) electrons. The third-order valence-corrected chi connectivity index (χ3v) is 11.2. The lowest BCUT2D eigenvalue weighted by molar-refractivity contribution is -0.128. The second-order valence-electron chi connectivity index (χ2n) is 13.7. The van der Waals surface area contributed by atoms with Crippen LogP contribution in [0.5, 0.6) is 5.75 Å². The molecule has 1 aliphatic rings. The van der Waals surface area contributed by atoms with E-state index in [1.54, 1.807) is 40.1 Å². The highest BCUT2D eigenvalue weighted by atomic mass is 32.2. The van der Waals surface area contributed by atoms with Crippen molar-refractivity contribution in [3.63, 3.8) is 0 Å². The molecule has 1 saturated heterocycles. The molecular formula is C38H52N6O7S. The maximum Gasteiger partial charge on any atom is 0.321 e. The molecule has 0 aliphatic carbocycles. The van der Waals surface area contributed by atoms with Crippen LogP contribution in [0.3, 0.4) is 0 Å². The van der Waals surface area contributed by atoms with Crippen molar-refractivity contribution in [2.75, 3.05) is 33.3 Å². The summed E-state index contributed by atoms with van der Waals surface area (Å²) in [7, 11) is -2.52. The van der Waals surface area contributed by atoms with Gasteiger partial charge in [-0.3, -0.25) is 4.79 Å². The lowest BCUT2D eigenvalue weighted by atomic mass is 9.95. The van der Waals surface area contributed by atoms with Gasteiger partial charge in [-0.15, -0.1) is 0 Å². The molecular weight excluding hydrogens is 685 g/mol. The molecule has 3 aromatic rings. The Hall–Kier alpha value is -4.66. The van der Waals surface area contributed by atoms with Gasteiger partial charge in [-0.2, -0.15) is 4.31 Å². The molecule has 4 atom stereocenters. The Kier molecular flexibility index (Phi) is 14.0. The summed E-state index contributed by atoms with van der Waals surface area (Å²) >= 11 is 0. The lowest BCUT2D eigenvalue weighted by Gasteiger charge is -2.35. The summed E-state index contributed by atoms with van der Waals surface area (Å²) in [5.74, 6) is -0.225. The first-order valence-electron chi connectivity index (χ1n) is 17.6. The predicted octanol–water partition coefficient (Wildman–Crippen LogP) is 3.88. The summed E-state index contributed by atoms with van der Waals surface area (Å²) in [6.45, 7) is 8.50. The lowest BCUT2D eigenvalue weighted by Crippen LogP contribution is -2.57. The number of sulfonamides is 1. The van der Waals surface area contributed by atoms with Gasteiger partial charge in [-0.05, 0) is 59.7 Å². The van der Waals surface area contributed by atoms with Crippen LogP contribution in [0.1, 0.15) is 50.8 Å². The molecule has 13 nitrogen and oxygen atoms in total. The van der Waals surface area contributed by atoms with Crippen LogP contribution in [0, 0.1) is 11.8 Å². The summed E-state index contributed by atoms with van der Waals surface area (Å²) in [6.07, 6.45) is -0.449. The van der Waals surface area contributed by atoms with Crippen molar-refractivity contribution in [3.05, 3.63) is 95.6 Å². The number of hydrogen-bond donors (Lipinski definition) is 4. The highest BCUT2D eigenvalue weighted by Gasteiger charge is 2.41. The third kappa shape index (κ3) is 10.0. The normalized spacial score (nSPS) is 16.2. The Balaban J connectivity index is 1.58. The van der Waals surface area contributed by atoms with Crippen molar-refractivity contribution in [1.29, 1.82) is 0 Å². The molecule has 0 bridgehead atoms. The van der Waals surface area contributed by atoms with Gasteiger partial charge in [0.2, 0.25) is 15.9 Å². The van der Waals surface area contributed by atoms with E-state index in [2.05, 4.69) is 10.5 Å². The van der Waals surface area contributed by atoms with E-state index in [9.17, 15) is 23.1 Å². The Bertz CT molecular complexity index is 1770. The smallest absolute Gasteiger partial charge is 0.321 e. The topological polar surface area (TPSA) is 178 Å². The zero-order valence-electron chi connectivity index (χ0n) is 30.6. The van der Waals surface area contributed by atoms with E-state index in [1.807, 2.05) is 64.1 Å². The number of nitrogens with two attached hydrogens (primary N) is 1. The zero-order valence-corrected chi connectivity index (χ0v) is 31.4. The summed E-state index contributed by atoms with van der Waals surface area (Å²) in [5, 5.41) is 27.0. The molecule has 14 heteroatoms. The number of carbonyl (C=O) groups excluding carboxylic acids is 2. The minimum atomic E-state index is -4.03. The number of methoxy groups -OCH3 is 1. The van der Waals surface area contributed by atoms with Gasteiger partial charge in [-0.25, -0.2) is 13.2 Å². The van der Waals surface area contributed by atoms with Crippen LogP contribution >= 0.6 is 0 Å². The quantitative estimate of drug-likeness (QED) is 0.0658. The Morgan fingerprint density at radius 2 is 1.67 bits per heavy atom. The summed E-state index contributed by atoms with van der Waals surface area (Å²) in [5.41, 5.74) is 7.92. The number of aliphatic hydroxyl groups is 1. The van der Waals surface area contributed by atoms with Gasteiger partial charge in [-0.1, -0.05) is 87.8 Å². The first kappa shape index (κ1) is 40.1. The summed E-state index contributed by atoms with van der Waals surface area (Å²) in [6, 6.07) is 20.5. The number of rotatable bonds is 18. The van der Waals surface area contributed by atoms with Gasteiger partial charge in [0.15, 0.2) is 5.84 Å². The maximum absolute atomic E-state index is 14.3. The number of ether oxygens (including phenoxy) is 1. The minimum absolute atomic E-state index is 0.0392. The number of nitrogens with zero attached hydrogens (tertiary/aromatic N) is 4. The molecule has 0 saturated carbocycles. The van der Waals surface area contributed by atoms with Crippen molar-refractivity contribution in [2.45, 2.75) is 70.2 Å². The number of aliphatic hydroxyl groups excluding tert-OH is 1. The number of urea groups is 1. The van der Waals surface area contributed by atoms with E-state index in [-0.39, 0.29) is 54.7 Å². The molecule has 3 aromatic carbocycles.